The van der Waals surface area contributed by atoms with Crippen LogP contribution in [0.4, 0.5) is 4.79 Å². The number of ether oxygens (including phenoxy) is 2. The standard InChI is InChI=1S/C41H53N5O7/c1-40(2,3)52-30-19-16-26(17-20-30)24-32(44-39(51)53-41(4,5)6)37(49)46-33(13-9-21-42)35(47)43-31(36(48)45-22-10-14-34(45)38(46)50)25-27-15-18-28-11-7-8-12-29(28)23-27/h7-8,11-12,15-20,23,31-34H,9-10,13-14,21-22,24-25,42H2,1-6H3,(H,43,47)(H,44,51)/t31-,32-,33+,34+/m0/s1. The molecule has 3 aromatic carbocycles. The zero-order chi connectivity index (χ0) is 38.5. The minimum Gasteiger partial charge on any atom is -0.488 e. The molecule has 3 aromatic rings. The first-order chi connectivity index (χ1) is 25.0. The Morgan fingerprint density at radius 1 is 0.906 bits per heavy atom. The van der Waals surface area contributed by atoms with E-state index in [4.69, 9.17) is 15.2 Å². The van der Waals surface area contributed by atoms with Gasteiger partial charge >= 0.3 is 6.09 Å². The van der Waals surface area contributed by atoms with E-state index < -0.39 is 59.2 Å². The summed E-state index contributed by atoms with van der Waals surface area (Å²) < 4.78 is 11.5. The highest BCUT2D eigenvalue weighted by Crippen LogP contribution is 2.27. The maximum atomic E-state index is 14.8. The van der Waals surface area contributed by atoms with E-state index >= 15 is 0 Å². The maximum absolute atomic E-state index is 14.8. The van der Waals surface area contributed by atoms with E-state index in [-0.39, 0.29) is 31.7 Å². The molecule has 12 nitrogen and oxygen atoms in total. The Hall–Kier alpha value is -4.97. The van der Waals surface area contributed by atoms with E-state index in [1.807, 2.05) is 63.2 Å². The largest absolute Gasteiger partial charge is 0.488 e. The fourth-order valence-corrected chi connectivity index (χ4v) is 6.92. The summed E-state index contributed by atoms with van der Waals surface area (Å²) in [7, 11) is 0. The second kappa shape index (κ2) is 16.4. The molecule has 4 atom stereocenters. The molecule has 4 N–H and O–H groups in total. The minimum absolute atomic E-state index is 0.0131. The molecule has 2 aliphatic heterocycles. The van der Waals surface area contributed by atoms with Gasteiger partial charge in [-0.1, -0.05) is 54.6 Å². The van der Waals surface area contributed by atoms with Crippen LogP contribution in [0.1, 0.15) is 78.4 Å². The van der Waals surface area contributed by atoms with Crippen LogP contribution in [0.3, 0.4) is 0 Å². The Bertz CT molecular complexity index is 1810. The first-order valence-electron chi connectivity index (χ1n) is 18.5. The van der Waals surface area contributed by atoms with Crippen LogP contribution in [-0.2, 0) is 36.8 Å². The van der Waals surface area contributed by atoms with Gasteiger partial charge in [-0.2, -0.15) is 0 Å². The number of carbonyl (C=O) groups excluding carboxylic acids is 5. The summed E-state index contributed by atoms with van der Waals surface area (Å²) in [5.74, 6) is -1.83. The molecule has 0 aliphatic carbocycles. The van der Waals surface area contributed by atoms with Crippen LogP contribution in [0.15, 0.2) is 66.7 Å². The summed E-state index contributed by atoms with van der Waals surface area (Å²) in [5.41, 5.74) is 6.13. The lowest BCUT2D eigenvalue weighted by molar-refractivity contribution is -0.156. The molecule has 0 spiro atoms. The van der Waals surface area contributed by atoms with Crippen LogP contribution in [-0.4, -0.2) is 88.0 Å². The van der Waals surface area contributed by atoms with Gasteiger partial charge < -0.3 is 30.7 Å². The van der Waals surface area contributed by atoms with E-state index in [0.29, 0.717) is 37.1 Å². The van der Waals surface area contributed by atoms with Gasteiger partial charge in [-0.05, 0) is 108 Å². The van der Waals surface area contributed by atoms with E-state index in [1.54, 1.807) is 45.0 Å². The second-order valence-electron chi connectivity index (χ2n) is 15.9. The van der Waals surface area contributed by atoms with E-state index in [9.17, 15) is 24.0 Å². The lowest BCUT2D eigenvalue weighted by Gasteiger charge is -2.34. The summed E-state index contributed by atoms with van der Waals surface area (Å²) in [6, 6.07) is 16.4. The number of rotatable bonds is 10. The van der Waals surface area contributed by atoms with Gasteiger partial charge in [0.2, 0.25) is 11.8 Å². The number of amides is 5. The lowest BCUT2D eigenvalue weighted by Crippen LogP contribution is -2.61. The molecular weight excluding hydrogens is 674 g/mol. The number of imide groups is 1. The third kappa shape index (κ3) is 10.1. The second-order valence-corrected chi connectivity index (χ2v) is 15.9. The predicted octanol–water partition coefficient (Wildman–Crippen LogP) is 4.65. The normalized spacial score (nSPS) is 20.2. The Balaban J connectivity index is 1.51. The topological polar surface area (TPSA) is 160 Å². The van der Waals surface area contributed by atoms with Gasteiger partial charge in [-0.3, -0.25) is 24.1 Å². The molecule has 12 heteroatoms. The van der Waals surface area contributed by atoms with Crippen LogP contribution >= 0.6 is 0 Å². The molecule has 0 radical (unpaired) electrons. The smallest absolute Gasteiger partial charge is 0.408 e. The molecule has 284 valence electrons. The van der Waals surface area contributed by atoms with Gasteiger partial charge in [-0.25, -0.2) is 4.79 Å². The Kier molecular flexibility index (Phi) is 12.1. The average Bonchev–Trinajstić information content (AvgIpc) is 3.58. The summed E-state index contributed by atoms with van der Waals surface area (Å²) in [5, 5.41) is 7.66. The number of nitrogens with zero attached hydrogens (tertiary/aromatic N) is 2. The van der Waals surface area contributed by atoms with Crippen LogP contribution in [0.25, 0.3) is 10.8 Å². The molecule has 5 amide bonds. The highest BCUT2D eigenvalue weighted by molar-refractivity contribution is 6.07. The zero-order valence-electron chi connectivity index (χ0n) is 31.6. The van der Waals surface area contributed by atoms with Crippen LogP contribution in [0, 0.1) is 0 Å². The maximum Gasteiger partial charge on any atom is 0.408 e. The van der Waals surface area contributed by atoms with Crippen molar-refractivity contribution in [3.05, 3.63) is 77.9 Å². The molecule has 2 heterocycles. The fraction of sp³-hybridized carbons (Fsp3) is 0.488. The molecule has 5 rings (SSSR count). The fourth-order valence-electron chi connectivity index (χ4n) is 6.92. The quantitative estimate of drug-likeness (QED) is 0.272. The zero-order valence-corrected chi connectivity index (χ0v) is 31.6. The summed E-state index contributed by atoms with van der Waals surface area (Å²) in [4.78, 5) is 73.6. The number of hydrogen-bond donors (Lipinski definition) is 3. The molecule has 0 saturated carbocycles. The first kappa shape index (κ1) is 39.2. The SMILES string of the molecule is CC(C)(C)OC(=O)N[C@@H](Cc1ccc(OC(C)(C)C)cc1)C(=O)N1C(=O)[C@H]2CCCN2C(=O)[C@H](Cc2ccc3ccccc3c2)NC(=O)[C@H]1CCCN. The number of benzene rings is 3. The van der Waals surface area contributed by atoms with Crippen LogP contribution in [0.5, 0.6) is 5.75 Å². The van der Waals surface area contributed by atoms with Crippen molar-refractivity contribution in [2.24, 2.45) is 5.73 Å². The molecular formula is C41H53N5O7. The molecule has 0 bridgehead atoms. The predicted molar refractivity (Wildman–Crippen MR) is 202 cm³/mol. The molecule has 0 unspecified atom stereocenters. The van der Waals surface area contributed by atoms with Gasteiger partial charge in [0, 0.05) is 19.4 Å². The first-order valence-corrected chi connectivity index (χ1v) is 18.5. The summed E-state index contributed by atoms with van der Waals surface area (Å²) in [6.45, 7) is 11.4. The van der Waals surface area contributed by atoms with E-state index in [0.717, 1.165) is 21.2 Å². The van der Waals surface area contributed by atoms with Crippen molar-refractivity contribution in [3.8, 4) is 5.75 Å². The third-order valence-electron chi connectivity index (χ3n) is 9.24. The number of nitrogens with one attached hydrogen (secondary N) is 2. The molecule has 2 aliphatic rings. The molecule has 2 fully saturated rings. The van der Waals surface area contributed by atoms with Gasteiger partial charge in [0.05, 0.1) is 0 Å². The molecule has 53 heavy (non-hydrogen) atoms. The van der Waals surface area contributed by atoms with Gasteiger partial charge in [-0.15, -0.1) is 0 Å². The molecule has 2 saturated heterocycles. The molecule has 0 aromatic heterocycles. The van der Waals surface area contributed by atoms with Crippen LogP contribution < -0.4 is 21.1 Å². The van der Waals surface area contributed by atoms with Gasteiger partial charge in [0.15, 0.2) is 0 Å². The third-order valence-corrected chi connectivity index (χ3v) is 9.24. The monoisotopic (exact) mass is 727 g/mol. The number of alkyl carbamates (subject to hydrolysis) is 1. The van der Waals surface area contributed by atoms with Crippen molar-refractivity contribution >= 4 is 40.5 Å². The van der Waals surface area contributed by atoms with Crippen LogP contribution in [0.2, 0.25) is 0 Å². The Morgan fingerprint density at radius 3 is 2.25 bits per heavy atom. The lowest BCUT2D eigenvalue weighted by atomic mass is 9.99. The number of carbonyl (C=O) groups is 5. The highest BCUT2D eigenvalue weighted by atomic mass is 16.6. The number of fused-ring (bicyclic) bond motifs is 2. The Morgan fingerprint density at radius 2 is 1.58 bits per heavy atom. The van der Waals surface area contributed by atoms with Crippen molar-refractivity contribution in [2.45, 2.75) is 115 Å². The van der Waals surface area contributed by atoms with E-state index in [1.165, 1.54) is 4.90 Å². The van der Waals surface area contributed by atoms with Crippen molar-refractivity contribution in [3.63, 3.8) is 0 Å². The highest BCUT2D eigenvalue weighted by Gasteiger charge is 2.48. The Labute approximate surface area is 311 Å². The van der Waals surface area contributed by atoms with E-state index in [2.05, 4.69) is 10.6 Å². The van der Waals surface area contributed by atoms with Gasteiger partial charge in [0.1, 0.15) is 41.1 Å². The van der Waals surface area contributed by atoms with Crippen molar-refractivity contribution in [2.75, 3.05) is 13.1 Å². The van der Waals surface area contributed by atoms with Gasteiger partial charge in [0.25, 0.3) is 11.8 Å². The average molecular weight is 728 g/mol. The number of hydrogen-bond acceptors (Lipinski definition) is 8. The van der Waals surface area contributed by atoms with Crippen molar-refractivity contribution in [1.82, 2.24) is 20.4 Å². The minimum atomic E-state index is -1.30. The van der Waals surface area contributed by atoms with Crippen molar-refractivity contribution in [1.29, 1.82) is 0 Å². The number of nitrogens with two attached hydrogens (primary N) is 1. The summed E-state index contributed by atoms with van der Waals surface area (Å²) >= 11 is 0. The summed E-state index contributed by atoms with van der Waals surface area (Å²) in [6.07, 6.45) is 0.609. The van der Waals surface area contributed by atoms with Crippen molar-refractivity contribution < 1.29 is 33.4 Å².